The van der Waals surface area contributed by atoms with Gasteiger partial charge in [0.15, 0.2) is 0 Å². The van der Waals surface area contributed by atoms with Crippen molar-refractivity contribution in [2.24, 2.45) is 0 Å². The van der Waals surface area contributed by atoms with E-state index in [9.17, 15) is 0 Å². The van der Waals surface area contributed by atoms with E-state index in [1.807, 2.05) is 6.07 Å². The van der Waals surface area contributed by atoms with Gasteiger partial charge >= 0.3 is 0 Å². The number of nitrogens with zero attached hydrogens (tertiary/aromatic N) is 3. The standard InChI is InChI=1S/C19H21N3O2/c1-14-3-2-4-15(11-14)12-22-8-5-16(6-9-22)18-20-21-19(24-18)17-7-10-23-13-17/h2-4,7,10-11,13,16H,5-6,8-9,12H2,1H3. The zero-order valence-corrected chi connectivity index (χ0v) is 13.8. The van der Waals surface area contributed by atoms with Gasteiger partial charge in [-0.05, 0) is 44.5 Å². The summed E-state index contributed by atoms with van der Waals surface area (Å²) in [6.07, 6.45) is 5.35. The molecule has 0 spiro atoms. The molecule has 1 aliphatic rings. The average Bonchev–Trinajstić information content (AvgIpc) is 3.27. The first-order valence-corrected chi connectivity index (χ1v) is 8.42. The summed E-state index contributed by atoms with van der Waals surface area (Å²) in [7, 11) is 0. The lowest BCUT2D eigenvalue weighted by atomic mass is 9.96. The lowest BCUT2D eigenvalue weighted by molar-refractivity contribution is 0.193. The van der Waals surface area contributed by atoms with Gasteiger partial charge in [-0.1, -0.05) is 29.8 Å². The Labute approximate surface area is 141 Å². The Balaban J connectivity index is 1.36. The molecular weight excluding hydrogens is 302 g/mol. The minimum absolute atomic E-state index is 0.354. The van der Waals surface area contributed by atoms with Crippen LogP contribution >= 0.6 is 0 Å². The molecule has 0 amide bonds. The number of piperidine rings is 1. The van der Waals surface area contributed by atoms with Crippen molar-refractivity contribution in [3.63, 3.8) is 0 Å². The number of hydrogen-bond donors (Lipinski definition) is 0. The fourth-order valence-corrected chi connectivity index (χ4v) is 3.31. The number of aromatic nitrogens is 2. The Kier molecular flexibility index (Phi) is 4.17. The molecule has 0 aliphatic carbocycles. The Bertz CT molecular complexity index is 787. The first-order valence-electron chi connectivity index (χ1n) is 8.42. The quantitative estimate of drug-likeness (QED) is 0.726. The molecule has 124 valence electrons. The molecule has 3 heterocycles. The highest BCUT2D eigenvalue weighted by molar-refractivity contribution is 5.49. The molecule has 5 heteroatoms. The number of rotatable bonds is 4. The van der Waals surface area contributed by atoms with Crippen LogP contribution in [-0.2, 0) is 6.54 Å². The van der Waals surface area contributed by atoms with Gasteiger partial charge in [-0.3, -0.25) is 4.90 Å². The van der Waals surface area contributed by atoms with Gasteiger partial charge in [0.2, 0.25) is 5.89 Å². The Morgan fingerprint density at radius 2 is 2.04 bits per heavy atom. The molecule has 0 N–H and O–H groups in total. The minimum Gasteiger partial charge on any atom is -0.472 e. The molecule has 0 bridgehead atoms. The third-order valence-electron chi connectivity index (χ3n) is 4.63. The molecule has 3 aromatic rings. The number of furan rings is 1. The number of likely N-dealkylation sites (tertiary alicyclic amines) is 1. The predicted molar refractivity (Wildman–Crippen MR) is 90.4 cm³/mol. The zero-order valence-electron chi connectivity index (χ0n) is 13.8. The van der Waals surface area contributed by atoms with Gasteiger partial charge in [0.1, 0.15) is 6.26 Å². The molecule has 1 aliphatic heterocycles. The topological polar surface area (TPSA) is 55.3 Å². The molecule has 0 radical (unpaired) electrons. The summed E-state index contributed by atoms with van der Waals surface area (Å²) in [4.78, 5) is 2.50. The molecule has 1 aromatic carbocycles. The maximum Gasteiger partial charge on any atom is 0.250 e. The van der Waals surface area contributed by atoms with Crippen LogP contribution in [0, 0.1) is 6.92 Å². The van der Waals surface area contributed by atoms with E-state index in [0.717, 1.165) is 43.9 Å². The second-order valence-corrected chi connectivity index (χ2v) is 6.50. The van der Waals surface area contributed by atoms with Crippen molar-refractivity contribution in [1.29, 1.82) is 0 Å². The van der Waals surface area contributed by atoms with Crippen molar-refractivity contribution >= 4 is 0 Å². The van der Waals surface area contributed by atoms with Crippen LogP contribution in [0.2, 0.25) is 0 Å². The van der Waals surface area contributed by atoms with Crippen LogP contribution in [-0.4, -0.2) is 28.2 Å². The predicted octanol–water partition coefficient (Wildman–Crippen LogP) is 4.02. The van der Waals surface area contributed by atoms with Gasteiger partial charge in [0.25, 0.3) is 5.89 Å². The van der Waals surface area contributed by atoms with Crippen LogP contribution in [0.4, 0.5) is 0 Å². The van der Waals surface area contributed by atoms with E-state index in [1.54, 1.807) is 12.5 Å². The van der Waals surface area contributed by atoms with Gasteiger partial charge < -0.3 is 8.83 Å². The molecule has 1 saturated heterocycles. The molecule has 4 rings (SSSR count). The van der Waals surface area contributed by atoms with E-state index in [2.05, 4.69) is 46.3 Å². The van der Waals surface area contributed by atoms with Crippen LogP contribution in [0.25, 0.3) is 11.5 Å². The first kappa shape index (κ1) is 15.1. The largest absolute Gasteiger partial charge is 0.472 e. The summed E-state index contributed by atoms with van der Waals surface area (Å²) in [5.74, 6) is 1.65. The molecule has 0 saturated carbocycles. The average molecular weight is 323 g/mol. The molecule has 2 aromatic heterocycles. The molecule has 5 nitrogen and oxygen atoms in total. The van der Waals surface area contributed by atoms with E-state index >= 15 is 0 Å². The summed E-state index contributed by atoms with van der Waals surface area (Å²) >= 11 is 0. The summed E-state index contributed by atoms with van der Waals surface area (Å²) < 4.78 is 10.9. The van der Waals surface area contributed by atoms with Gasteiger partial charge in [-0.2, -0.15) is 0 Å². The maximum absolute atomic E-state index is 5.84. The second kappa shape index (κ2) is 6.61. The first-order chi connectivity index (χ1) is 11.8. The van der Waals surface area contributed by atoms with Crippen LogP contribution in [0.15, 0.2) is 51.7 Å². The van der Waals surface area contributed by atoms with E-state index in [-0.39, 0.29) is 0 Å². The van der Waals surface area contributed by atoms with E-state index in [4.69, 9.17) is 8.83 Å². The smallest absolute Gasteiger partial charge is 0.250 e. The highest BCUT2D eigenvalue weighted by Crippen LogP contribution is 2.30. The van der Waals surface area contributed by atoms with Crippen molar-refractivity contribution in [2.45, 2.75) is 32.2 Å². The summed E-state index contributed by atoms with van der Waals surface area (Å²) in [5, 5.41) is 8.38. The number of benzene rings is 1. The van der Waals surface area contributed by atoms with E-state index in [1.165, 1.54) is 11.1 Å². The van der Waals surface area contributed by atoms with Crippen LogP contribution < -0.4 is 0 Å². The van der Waals surface area contributed by atoms with Crippen molar-refractivity contribution in [3.05, 3.63) is 59.9 Å². The lowest BCUT2D eigenvalue weighted by Crippen LogP contribution is -2.32. The third kappa shape index (κ3) is 3.26. The van der Waals surface area contributed by atoms with Gasteiger partial charge in [0, 0.05) is 12.5 Å². The van der Waals surface area contributed by atoms with Crippen LogP contribution in [0.3, 0.4) is 0 Å². The lowest BCUT2D eigenvalue weighted by Gasteiger charge is -2.30. The Morgan fingerprint density at radius 3 is 2.79 bits per heavy atom. The molecule has 0 unspecified atom stereocenters. The van der Waals surface area contributed by atoms with Crippen molar-refractivity contribution in [3.8, 4) is 11.5 Å². The van der Waals surface area contributed by atoms with E-state index in [0.29, 0.717) is 11.8 Å². The number of aryl methyl sites for hydroxylation is 1. The molecule has 1 fully saturated rings. The SMILES string of the molecule is Cc1cccc(CN2CCC(c3nnc(-c4ccoc4)o3)CC2)c1. The van der Waals surface area contributed by atoms with Crippen molar-refractivity contribution in [2.75, 3.05) is 13.1 Å². The summed E-state index contributed by atoms with van der Waals surface area (Å²) in [6.45, 7) is 5.27. The Hall–Kier alpha value is -2.40. The third-order valence-corrected chi connectivity index (χ3v) is 4.63. The normalized spacial score (nSPS) is 16.5. The monoisotopic (exact) mass is 323 g/mol. The van der Waals surface area contributed by atoms with E-state index < -0.39 is 0 Å². The second-order valence-electron chi connectivity index (χ2n) is 6.50. The number of hydrogen-bond acceptors (Lipinski definition) is 5. The van der Waals surface area contributed by atoms with Crippen LogP contribution in [0.5, 0.6) is 0 Å². The highest BCUT2D eigenvalue weighted by atomic mass is 16.4. The fraction of sp³-hybridized carbons (Fsp3) is 0.368. The highest BCUT2D eigenvalue weighted by Gasteiger charge is 2.25. The summed E-state index contributed by atoms with van der Waals surface area (Å²) in [6, 6.07) is 10.6. The zero-order chi connectivity index (χ0) is 16.4. The Morgan fingerprint density at radius 1 is 1.17 bits per heavy atom. The summed E-state index contributed by atoms with van der Waals surface area (Å²) in [5.41, 5.74) is 3.54. The molecular formula is C19H21N3O2. The van der Waals surface area contributed by atoms with Crippen LogP contribution in [0.1, 0.15) is 35.8 Å². The molecule has 0 atom stereocenters. The van der Waals surface area contributed by atoms with Gasteiger partial charge in [0.05, 0.1) is 11.8 Å². The van der Waals surface area contributed by atoms with Crippen molar-refractivity contribution < 1.29 is 8.83 Å². The minimum atomic E-state index is 0.354. The van der Waals surface area contributed by atoms with Gasteiger partial charge in [-0.25, -0.2) is 0 Å². The maximum atomic E-state index is 5.84. The fourth-order valence-electron chi connectivity index (χ4n) is 3.31. The van der Waals surface area contributed by atoms with Gasteiger partial charge in [-0.15, -0.1) is 10.2 Å². The van der Waals surface area contributed by atoms with Crippen molar-refractivity contribution in [1.82, 2.24) is 15.1 Å². The molecule has 24 heavy (non-hydrogen) atoms.